The van der Waals surface area contributed by atoms with Crippen LogP contribution in [0.3, 0.4) is 0 Å². The molecule has 6 heteroatoms. The molecule has 5 nitrogen and oxygen atoms in total. The van der Waals surface area contributed by atoms with Crippen LogP contribution in [0.5, 0.6) is 5.75 Å². The van der Waals surface area contributed by atoms with Crippen molar-refractivity contribution in [2.75, 3.05) is 11.9 Å². The minimum absolute atomic E-state index is 0.0346. The second-order valence-corrected chi connectivity index (χ2v) is 5.48. The summed E-state index contributed by atoms with van der Waals surface area (Å²) >= 11 is 3.36. The van der Waals surface area contributed by atoms with Crippen molar-refractivity contribution in [3.05, 3.63) is 58.1 Å². The smallest absolute Gasteiger partial charge is 0.337 e. The summed E-state index contributed by atoms with van der Waals surface area (Å²) in [4.78, 5) is 23.0. The number of halogens is 1. The highest BCUT2D eigenvalue weighted by molar-refractivity contribution is 9.10. The van der Waals surface area contributed by atoms with E-state index in [0.717, 1.165) is 10.0 Å². The van der Waals surface area contributed by atoms with Gasteiger partial charge in [-0.3, -0.25) is 4.79 Å². The number of aryl methyl sites for hydroxylation is 1. The van der Waals surface area contributed by atoms with E-state index in [-0.39, 0.29) is 17.9 Å². The zero-order valence-electron chi connectivity index (χ0n) is 11.8. The fraction of sp³-hybridized carbons (Fsp3) is 0.125. The lowest BCUT2D eigenvalue weighted by atomic mass is 10.2. The van der Waals surface area contributed by atoms with Gasteiger partial charge in [0.2, 0.25) is 0 Å². The maximum Gasteiger partial charge on any atom is 0.337 e. The molecule has 0 atom stereocenters. The van der Waals surface area contributed by atoms with Crippen LogP contribution in [0.1, 0.15) is 15.9 Å². The molecule has 0 heterocycles. The number of nitrogens with one attached hydrogen (secondary N) is 1. The van der Waals surface area contributed by atoms with Crippen LogP contribution in [0.15, 0.2) is 46.9 Å². The van der Waals surface area contributed by atoms with Gasteiger partial charge < -0.3 is 15.2 Å². The predicted molar refractivity (Wildman–Crippen MR) is 86.4 cm³/mol. The van der Waals surface area contributed by atoms with E-state index in [9.17, 15) is 9.59 Å². The van der Waals surface area contributed by atoms with Gasteiger partial charge >= 0.3 is 5.97 Å². The van der Waals surface area contributed by atoms with E-state index in [4.69, 9.17) is 9.84 Å². The molecule has 0 aromatic heterocycles. The molecule has 0 bridgehead atoms. The number of aromatic carboxylic acids is 1. The van der Waals surface area contributed by atoms with Crippen molar-refractivity contribution in [3.63, 3.8) is 0 Å². The summed E-state index contributed by atoms with van der Waals surface area (Å²) in [6.07, 6.45) is 0. The zero-order chi connectivity index (χ0) is 16.1. The third kappa shape index (κ3) is 4.08. The van der Waals surface area contributed by atoms with Gasteiger partial charge in [-0.1, -0.05) is 18.2 Å². The van der Waals surface area contributed by atoms with E-state index >= 15 is 0 Å². The van der Waals surface area contributed by atoms with Crippen molar-refractivity contribution in [2.24, 2.45) is 0 Å². The largest absolute Gasteiger partial charge is 0.483 e. The lowest BCUT2D eigenvalue weighted by Crippen LogP contribution is -2.21. The van der Waals surface area contributed by atoms with Gasteiger partial charge in [0.1, 0.15) is 5.75 Å². The highest BCUT2D eigenvalue weighted by atomic mass is 79.9. The molecule has 0 fully saturated rings. The normalized spacial score (nSPS) is 10.1. The Bertz CT molecular complexity index is 715. The summed E-state index contributed by atoms with van der Waals surface area (Å²) in [6, 6.07) is 11.7. The number of ether oxygens (including phenoxy) is 1. The van der Waals surface area contributed by atoms with Gasteiger partial charge in [0.15, 0.2) is 6.61 Å². The third-order valence-corrected chi connectivity index (χ3v) is 3.50. The Morgan fingerprint density at radius 1 is 1.23 bits per heavy atom. The fourth-order valence-electron chi connectivity index (χ4n) is 1.83. The molecule has 114 valence electrons. The molecule has 2 aromatic carbocycles. The summed E-state index contributed by atoms with van der Waals surface area (Å²) in [5.74, 6) is -0.980. The van der Waals surface area contributed by atoms with E-state index in [2.05, 4.69) is 21.2 Å². The van der Waals surface area contributed by atoms with Crippen molar-refractivity contribution in [1.82, 2.24) is 0 Å². The predicted octanol–water partition coefficient (Wildman–Crippen LogP) is 3.47. The Labute approximate surface area is 136 Å². The molecule has 0 aliphatic carbocycles. The van der Waals surface area contributed by atoms with Crippen LogP contribution in [0.2, 0.25) is 0 Å². The van der Waals surface area contributed by atoms with Crippen molar-refractivity contribution >= 4 is 33.5 Å². The van der Waals surface area contributed by atoms with Crippen molar-refractivity contribution in [3.8, 4) is 5.75 Å². The summed E-state index contributed by atoms with van der Waals surface area (Å²) in [7, 11) is 0. The number of carbonyl (C=O) groups excluding carboxylic acids is 1. The van der Waals surface area contributed by atoms with Gasteiger partial charge in [0.25, 0.3) is 5.91 Å². The molecule has 22 heavy (non-hydrogen) atoms. The van der Waals surface area contributed by atoms with E-state index in [1.807, 2.05) is 19.1 Å². The minimum Gasteiger partial charge on any atom is -0.483 e. The molecule has 2 aromatic rings. The topological polar surface area (TPSA) is 75.6 Å². The molecule has 0 aliphatic heterocycles. The Balaban J connectivity index is 2.00. The number of benzene rings is 2. The van der Waals surface area contributed by atoms with Gasteiger partial charge in [0, 0.05) is 0 Å². The number of anilines is 1. The van der Waals surface area contributed by atoms with E-state index in [0.29, 0.717) is 5.75 Å². The first-order chi connectivity index (χ1) is 10.5. The summed E-state index contributed by atoms with van der Waals surface area (Å²) in [5.41, 5.74) is 1.35. The van der Waals surface area contributed by atoms with Gasteiger partial charge in [-0.15, -0.1) is 0 Å². The van der Waals surface area contributed by atoms with Crippen LogP contribution in [-0.2, 0) is 4.79 Å². The lowest BCUT2D eigenvalue weighted by Gasteiger charge is -2.10. The molecule has 2 N–H and O–H groups in total. The highest BCUT2D eigenvalue weighted by Crippen LogP contribution is 2.25. The molecule has 0 radical (unpaired) electrons. The van der Waals surface area contributed by atoms with Crippen LogP contribution in [0, 0.1) is 6.92 Å². The van der Waals surface area contributed by atoms with Gasteiger partial charge in [-0.2, -0.15) is 0 Å². The maximum atomic E-state index is 11.9. The second kappa shape index (κ2) is 7.09. The number of amides is 1. The van der Waals surface area contributed by atoms with Gasteiger partial charge in [-0.05, 0) is 52.7 Å². The maximum absolute atomic E-state index is 11.9. The first-order valence-corrected chi connectivity index (χ1v) is 7.28. The Morgan fingerprint density at radius 2 is 1.95 bits per heavy atom. The zero-order valence-corrected chi connectivity index (χ0v) is 13.4. The highest BCUT2D eigenvalue weighted by Gasteiger charge is 2.12. The molecule has 2 rings (SSSR count). The lowest BCUT2D eigenvalue weighted by molar-refractivity contribution is -0.118. The monoisotopic (exact) mass is 363 g/mol. The number of rotatable bonds is 5. The fourth-order valence-corrected chi connectivity index (χ4v) is 2.44. The Kier molecular flexibility index (Phi) is 5.16. The first kappa shape index (κ1) is 16.0. The number of carboxylic acid groups (broad SMARTS) is 1. The first-order valence-electron chi connectivity index (χ1n) is 6.48. The van der Waals surface area contributed by atoms with E-state index in [1.54, 1.807) is 18.2 Å². The van der Waals surface area contributed by atoms with Crippen LogP contribution in [0.4, 0.5) is 5.69 Å². The summed E-state index contributed by atoms with van der Waals surface area (Å²) < 4.78 is 6.18. The molecule has 0 unspecified atom stereocenters. The molecule has 0 spiro atoms. The van der Waals surface area contributed by atoms with Gasteiger partial charge in [-0.25, -0.2) is 4.79 Å². The Hall–Kier alpha value is -2.34. The number of carbonyl (C=O) groups is 2. The average molecular weight is 364 g/mol. The number of hydrogen-bond acceptors (Lipinski definition) is 3. The molecular formula is C16H14BrNO4. The SMILES string of the molecule is Cc1ccc(OCC(=O)Nc2ccccc2C(=O)O)c(Br)c1. The second-order valence-electron chi connectivity index (χ2n) is 4.62. The van der Waals surface area contributed by atoms with Crippen LogP contribution in [0.25, 0.3) is 0 Å². The molecule has 1 amide bonds. The molecular weight excluding hydrogens is 350 g/mol. The summed E-state index contributed by atoms with van der Waals surface area (Å²) in [5, 5.41) is 11.6. The quantitative estimate of drug-likeness (QED) is 0.852. The number of carboxylic acids is 1. The van der Waals surface area contributed by atoms with Crippen LogP contribution >= 0.6 is 15.9 Å². The van der Waals surface area contributed by atoms with E-state index < -0.39 is 11.9 Å². The van der Waals surface area contributed by atoms with Crippen molar-refractivity contribution in [2.45, 2.75) is 6.92 Å². The van der Waals surface area contributed by atoms with E-state index in [1.165, 1.54) is 12.1 Å². The number of para-hydroxylation sites is 1. The molecule has 0 saturated carbocycles. The average Bonchev–Trinajstić information content (AvgIpc) is 2.46. The van der Waals surface area contributed by atoms with Crippen LogP contribution in [-0.4, -0.2) is 23.6 Å². The Morgan fingerprint density at radius 3 is 2.64 bits per heavy atom. The van der Waals surface area contributed by atoms with Crippen molar-refractivity contribution < 1.29 is 19.4 Å². The number of hydrogen-bond donors (Lipinski definition) is 2. The van der Waals surface area contributed by atoms with Crippen LogP contribution < -0.4 is 10.1 Å². The third-order valence-electron chi connectivity index (χ3n) is 2.88. The molecule has 0 aliphatic rings. The van der Waals surface area contributed by atoms with Gasteiger partial charge in [0.05, 0.1) is 15.7 Å². The molecule has 0 saturated heterocycles. The standard InChI is InChI=1S/C16H14BrNO4/c1-10-6-7-14(12(17)8-10)22-9-15(19)18-13-5-3-2-4-11(13)16(20)21/h2-8H,9H2,1H3,(H,18,19)(H,20,21). The summed E-state index contributed by atoms with van der Waals surface area (Å²) in [6.45, 7) is 1.74. The van der Waals surface area contributed by atoms with Crippen molar-refractivity contribution in [1.29, 1.82) is 0 Å². The minimum atomic E-state index is -1.10.